The number of aryl methyl sites for hydroxylation is 1. The van der Waals surface area contributed by atoms with Crippen LogP contribution in [0.5, 0.6) is 0 Å². The lowest BCUT2D eigenvalue weighted by molar-refractivity contribution is 0.423. The summed E-state index contributed by atoms with van der Waals surface area (Å²) in [6, 6.07) is 0.419. The van der Waals surface area contributed by atoms with Crippen molar-refractivity contribution in [1.82, 2.24) is 15.3 Å². The van der Waals surface area contributed by atoms with Crippen molar-refractivity contribution in [3.8, 4) is 0 Å². The zero-order valence-corrected chi connectivity index (χ0v) is 13.4. The van der Waals surface area contributed by atoms with Gasteiger partial charge in [-0.1, -0.05) is 0 Å². The van der Waals surface area contributed by atoms with Crippen molar-refractivity contribution in [2.75, 3.05) is 11.4 Å². The number of aromatic nitrogens is 2. The minimum atomic E-state index is 0.110. The average molecular weight is 264 g/mol. The van der Waals surface area contributed by atoms with Crippen LogP contribution in [0.4, 0.5) is 5.95 Å². The summed E-state index contributed by atoms with van der Waals surface area (Å²) in [5.74, 6) is 0.828. The fraction of sp³-hybridized carbons (Fsp3) is 0.733. The minimum absolute atomic E-state index is 0.110. The van der Waals surface area contributed by atoms with Gasteiger partial charge in [-0.25, -0.2) is 9.97 Å². The molecule has 108 valence electrons. The number of anilines is 1. The Morgan fingerprint density at radius 1 is 1.32 bits per heavy atom. The molecule has 1 N–H and O–H groups in total. The lowest BCUT2D eigenvalue weighted by atomic mass is 10.1. The van der Waals surface area contributed by atoms with E-state index in [1.165, 1.54) is 5.56 Å². The lowest BCUT2D eigenvalue weighted by Gasteiger charge is -2.26. The molecule has 0 saturated carbocycles. The van der Waals surface area contributed by atoms with Crippen LogP contribution in [0.3, 0.4) is 0 Å². The fourth-order valence-electron chi connectivity index (χ4n) is 1.89. The highest BCUT2D eigenvalue weighted by Crippen LogP contribution is 2.14. The van der Waals surface area contributed by atoms with Gasteiger partial charge < -0.3 is 10.2 Å². The van der Waals surface area contributed by atoms with Crippen LogP contribution in [0.15, 0.2) is 6.20 Å². The second-order valence-corrected chi connectivity index (χ2v) is 6.26. The predicted octanol–water partition coefficient (Wildman–Crippen LogP) is 2.91. The van der Waals surface area contributed by atoms with Crippen LogP contribution in [-0.4, -0.2) is 28.1 Å². The molecular weight excluding hydrogens is 236 g/mol. The van der Waals surface area contributed by atoms with Crippen molar-refractivity contribution in [2.24, 2.45) is 0 Å². The van der Waals surface area contributed by atoms with Crippen LogP contribution in [0.1, 0.15) is 52.8 Å². The highest BCUT2D eigenvalue weighted by molar-refractivity contribution is 5.33. The van der Waals surface area contributed by atoms with Crippen molar-refractivity contribution >= 4 is 5.95 Å². The summed E-state index contributed by atoms with van der Waals surface area (Å²) < 4.78 is 0. The van der Waals surface area contributed by atoms with E-state index in [0.29, 0.717) is 6.04 Å². The quantitative estimate of drug-likeness (QED) is 0.888. The SMILES string of the molecule is CCN(c1ncc(CNC(C)(C)C)c(C)n1)C(C)C. The van der Waals surface area contributed by atoms with Gasteiger partial charge in [0.05, 0.1) is 0 Å². The second kappa shape index (κ2) is 6.33. The third-order valence-corrected chi connectivity index (χ3v) is 3.10. The largest absolute Gasteiger partial charge is 0.339 e. The van der Waals surface area contributed by atoms with Crippen molar-refractivity contribution in [1.29, 1.82) is 0 Å². The summed E-state index contributed by atoms with van der Waals surface area (Å²) in [7, 11) is 0. The van der Waals surface area contributed by atoms with Crippen LogP contribution in [0, 0.1) is 6.92 Å². The maximum atomic E-state index is 4.64. The average Bonchev–Trinajstić information content (AvgIpc) is 2.27. The Morgan fingerprint density at radius 2 is 1.95 bits per heavy atom. The standard InChI is InChI=1S/C15H28N4/c1-8-19(11(2)3)14-16-9-13(12(4)18-14)10-17-15(5,6)7/h9,11,17H,8,10H2,1-7H3. The molecule has 0 atom stereocenters. The summed E-state index contributed by atoms with van der Waals surface area (Å²) in [6.45, 7) is 16.7. The van der Waals surface area contributed by atoms with Gasteiger partial charge in [0.1, 0.15) is 0 Å². The van der Waals surface area contributed by atoms with E-state index in [2.05, 4.69) is 68.7 Å². The number of nitrogens with one attached hydrogen (secondary N) is 1. The number of hydrogen-bond acceptors (Lipinski definition) is 4. The molecule has 19 heavy (non-hydrogen) atoms. The van der Waals surface area contributed by atoms with E-state index in [4.69, 9.17) is 0 Å². The maximum Gasteiger partial charge on any atom is 0.225 e. The van der Waals surface area contributed by atoms with E-state index in [1.807, 2.05) is 6.20 Å². The van der Waals surface area contributed by atoms with Crippen molar-refractivity contribution in [3.05, 3.63) is 17.5 Å². The molecular formula is C15H28N4. The molecule has 4 heteroatoms. The van der Waals surface area contributed by atoms with E-state index in [1.54, 1.807) is 0 Å². The van der Waals surface area contributed by atoms with E-state index in [0.717, 1.165) is 24.7 Å². The van der Waals surface area contributed by atoms with E-state index >= 15 is 0 Å². The van der Waals surface area contributed by atoms with Crippen LogP contribution in [0.25, 0.3) is 0 Å². The van der Waals surface area contributed by atoms with Crippen molar-refractivity contribution in [3.63, 3.8) is 0 Å². The molecule has 0 aliphatic heterocycles. The Kier molecular flexibility index (Phi) is 5.29. The van der Waals surface area contributed by atoms with Gasteiger partial charge in [0, 0.05) is 42.1 Å². The Morgan fingerprint density at radius 3 is 2.37 bits per heavy atom. The Bertz CT molecular complexity index is 407. The van der Waals surface area contributed by atoms with Gasteiger partial charge >= 0.3 is 0 Å². The molecule has 0 aliphatic rings. The first-order valence-electron chi connectivity index (χ1n) is 7.08. The normalized spacial score (nSPS) is 12.0. The van der Waals surface area contributed by atoms with Gasteiger partial charge in [0.15, 0.2) is 0 Å². The lowest BCUT2D eigenvalue weighted by Crippen LogP contribution is -2.35. The second-order valence-electron chi connectivity index (χ2n) is 6.26. The number of rotatable bonds is 5. The Hall–Kier alpha value is -1.16. The molecule has 1 aromatic heterocycles. The van der Waals surface area contributed by atoms with Crippen LogP contribution in [0.2, 0.25) is 0 Å². The predicted molar refractivity (Wildman–Crippen MR) is 81.5 cm³/mol. The first kappa shape index (κ1) is 15.9. The van der Waals surface area contributed by atoms with Gasteiger partial charge in [-0.3, -0.25) is 0 Å². The topological polar surface area (TPSA) is 41.1 Å². The Labute approximate surface area is 117 Å². The number of hydrogen-bond donors (Lipinski definition) is 1. The molecule has 0 spiro atoms. The molecule has 0 aliphatic carbocycles. The molecule has 0 saturated heterocycles. The van der Waals surface area contributed by atoms with Crippen LogP contribution < -0.4 is 10.2 Å². The van der Waals surface area contributed by atoms with Gasteiger partial charge in [-0.2, -0.15) is 0 Å². The monoisotopic (exact) mass is 264 g/mol. The van der Waals surface area contributed by atoms with Crippen molar-refractivity contribution in [2.45, 2.75) is 66.6 Å². The number of nitrogens with zero attached hydrogens (tertiary/aromatic N) is 3. The molecule has 0 bridgehead atoms. The van der Waals surface area contributed by atoms with Crippen LogP contribution in [-0.2, 0) is 6.54 Å². The summed E-state index contributed by atoms with van der Waals surface area (Å²) in [4.78, 5) is 11.4. The summed E-state index contributed by atoms with van der Waals surface area (Å²) in [5.41, 5.74) is 2.33. The fourth-order valence-corrected chi connectivity index (χ4v) is 1.89. The van der Waals surface area contributed by atoms with Gasteiger partial charge in [0.2, 0.25) is 5.95 Å². The van der Waals surface area contributed by atoms with Crippen LogP contribution >= 0.6 is 0 Å². The zero-order valence-electron chi connectivity index (χ0n) is 13.4. The Balaban J connectivity index is 2.85. The molecule has 1 rings (SSSR count). The first-order valence-corrected chi connectivity index (χ1v) is 7.08. The molecule has 0 radical (unpaired) electrons. The molecule has 1 heterocycles. The third kappa shape index (κ3) is 4.78. The maximum absolute atomic E-state index is 4.64. The van der Waals surface area contributed by atoms with E-state index in [-0.39, 0.29) is 5.54 Å². The molecule has 0 fully saturated rings. The first-order chi connectivity index (χ1) is 8.74. The third-order valence-electron chi connectivity index (χ3n) is 3.10. The van der Waals surface area contributed by atoms with Gasteiger partial charge in [0.25, 0.3) is 0 Å². The summed E-state index contributed by atoms with van der Waals surface area (Å²) >= 11 is 0. The van der Waals surface area contributed by atoms with E-state index in [9.17, 15) is 0 Å². The molecule has 4 nitrogen and oxygen atoms in total. The molecule has 0 unspecified atom stereocenters. The van der Waals surface area contributed by atoms with Gasteiger partial charge in [-0.15, -0.1) is 0 Å². The molecule has 1 aromatic rings. The molecule has 0 amide bonds. The smallest absolute Gasteiger partial charge is 0.225 e. The zero-order chi connectivity index (χ0) is 14.6. The highest BCUT2D eigenvalue weighted by atomic mass is 15.3. The minimum Gasteiger partial charge on any atom is -0.339 e. The summed E-state index contributed by atoms with van der Waals surface area (Å²) in [5, 5.41) is 3.47. The highest BCUT2D eigenvalue weighted by Gasteiger charge is 2.14. The van der Waals surface area contributed by atoms with Gasteiger partial charge in [-0.05, 0) is 48.5 Å². The van der Waals surface area contributed by atoms with E-state index < -0.39 is 0 Å². The van der Waals surface area contributed by atoms with Crippen molar-refractivity contribution < 1.29 is 0 Å². The summed E-state index contributed by atoms with van der Waals surface area (Å²) in [6.07, 6.45) is 1.95. The molecule has 0 aromatic carbocycles.